The monoisotopic (exact) mass is 188 g/mol. The van der Waals surface area contributed by atoms with Gasteiger partial charge < -0.3 is 0 Å². The smallest absolute Gasteiger partial charge is 0.141 e. The van der Waals surface area contributed by atoms with Crippen molar-refractivity contribution in [3.8, 4) is 12.1 Å². The van der Waals surface area contributed by atoms with Crippen molar-refractivity contribution < 1.29 is 4.39 Å². The summed E-state index contributed by atoms with van der Waals surface area (Å²) < 4.78 is 13.2. The first-order chi connectivity index (χ1) is 6.61. The third-order valence-corrected chi connectivity index (χ3v) is 2.00. The predicted octanol–water partition coefficient (Wildman–Crippen LogP) is 2.69. The number of nitrogens with zero attached hydrogens (tertiary/aromatic N) is 2. The van der Waals surface area contributed by atoms with Crippen LogP contribution < -0.4 is 0 Å². The van der Waals surface area contributed by atoms with E-state index in [1.165, 1.54) is 6.07 Å². The lowest BCUT2D eigenvalue weighted by atomic mass is 9.93. The molecule has 3 heteroatoms. The Bertz CT molecular complexity index is 436. The normalized spacial score (nSPS) is 9.57. The van der Waals surface area contributed by atoms with Gasteiger partial charge in [-0.3, -0.25) is 0 Å². The van der Waals surface area contributed by atoms with Crippen LogP contribution in [0.3, 0.4) is 0 Å². The van der Waals surface area contributed by atoms with Crippen molar-refractivity contribution in [3.63, 3.8) is 0 Å². The van der Waals surface area contributed by atoms with Crippen LogP contribution in [0.2, 0.25) is 0 Å². The molecule has 0 atom stereocenters. The number of halogens is 1. The van der Waals surface area contributed by atoms with Gasteiger partial charge in [0, 0.05) is 0 Å². The standard InChI is InChI=1S/C11H9FN2/c1-7(2)11-8(5-13)3-4-10(12)9(11)6-14/h3-4,7H,1-2H3. The second-order valence-corrected chi connectivity index (χ2v) is 3.26. The van der Waals surface area contributed by atoms with Crippen molar-refractivity contribution in [2.75, 3.05) is 0 Å². The molecule has 0 spiro atoms. The predicted molar refractivity (Wildman–Crippen MR) is 49.9 cm³/mol. The van der Waals surface area contributed by atoms with Crippen molar-refractivity contribution in [2.24, 2.45) is 0 Å². The molecule has 0 aliphatic heterocycles. The van der Waals surface area contributed by atoms with E-state index in [4.69, 9.17) is 10.5 Å². The Labute approximate surface area is 82.2 Å². The first-order valence-electron chi connectivity index (χ1n) is 4.24. The second kappa shape index (κ2) is 3.89. The second-order valence-electron chi connectivity index (χ2n) is 3.26. The van der Waals surface area contributed by atoms with E-state index in [9.17, 15) is 4.39 Å². The molecule has 0 aliphatic rings. The molecule has 0 saturated heterocycles. The van der Waals surface area contributed by atoms with Gasteiger partial charge >= 0.3 is 0 Å². The van der Waals surface area contributed by atoms with Gasteiger partial charge in [0.05, 0.1) is 17.2 Å². The highest BCUT2D eigenvalue weighted by atomic mass is 19.1. The zero-order valence-corrected chi connectivity index (χ0v) is 8.00. The van der Waals surface area contributed by atoms with Gasteiger partial charge in [0.2, 0.25) is 0 Å². The molecular weight excluding hydrogens is 179 g/mol. The molecule has 2 nitrogen and oxygen atoms in total. The molecule has 0 bridgehead atoms. The van der Waals surface area contributed by atoms with Gasteiger partial charge in [0.25, 0.3) is 0 Å². The molecule has 0 radical (unpaired) electrons. The fraction of sp³-hybridized carbons (Fsp3) is 0.273. The largest absolute Gasteiger partial charge is 0.206 e. The molecule has 0 N–H and O–H groups in total. The first-order valence-corrected chi connectivity index (χ1v) is 4.24. The summed E-state index contributed by atoms with van der Waals surface area (Å²) in [6.07, 6.45) is 0. The Morgan fingerprint density at radius 1 is 1.21 bits per heavy atom. The summed E-state index contributed by atoms with van der Waals surface area (Å²) in [5, 5.41) is 17.6. The van der Waals surface area contributed by atoms with Gasteiger partial charge in [0.1, 0.15) is 11.9 Å². The molecule has 70 valence electrons. The Balaban J connectivity index is 3.56. The van der Waals surface area contributed by atoms with E-state index < -0.39 is 5.82 Å². The third kappa shape index (κ3) is 1.58. The van der Waals surface area contributed by atoms with Gasteiger partial charge in [-0.15, -0.1) is 0 Å². The Hall–Kier alpha value is -1.87. The molecule has 0 fully saturated rings. The summed E-state index contributed by atoms with van der Waals surface area (Å²) in [5.74, 6) is -0.592. The van der Waals surface area contributed by atoms with Crippen LogP contribution in [0.4, 0.5) is 4.39 Å². The minimum absolute atomic E-state index is 0.0148. The molecule has 0 saturated carbocycles. The van der Waals surface area contributed by atoms with E-state index in [0.717, 1.165) is 6.07 Å². The lowest BCUT2D eigenvalue weighted by Crippen LogP contribution is -2.00. The minimum Gasteiger partial charge on any atom is -0.206 e. The maximum absolute atomic E-state index is 13.2. The summed E-state index contributed by atoms with van der Waals surface area (Å²) >= 11 is 0. The van der Waals surface area contributed by atoms with Gasteiger partial charge in [0.15, 0.2) is 0 Å². The highest BCUT2D eigenvalue weighted by Crippen LogP contribution is 2.25. The molecule has 0 aromatic heterocycles. The molecule has 1 rings (SSSR count). The topological polar surface area (TPSA) is 47.6 Å². The van der Waals surface area contributed by atoms with Crippen LogP contribution in [-0.2, 0) is 0 Å². The lowest BCUT2D eigenvalue weighted by Gasteiger charge is -2.10. The van der Waals surface area contributed by atoms with Gasteiger partial charge in [-0.1, -0.05) is 13.8 Å². The molecule has 0 unspecified atom stereocenters. The van der Waals surface area contributed by atoms with Crippen LogP contribution in [-0.4, -0.2) is 0 Å². The van der Waals surface area contributed by atoms with Gasteiger partial charge in [-0.05, 0) is 23.6 Å². The summed E-state index contributed by atoms with van der Waals surface area (Å²) in [6, 6.07) is 6.32. The van der Waals surface area contributed by atoms with E-state index in [1.54, 1.807) is 6.07 Å². The number of hydrogen-bond donors (Lipinski definition) is 0. The summed E-state index contributed by atoms with van der Waals surface area (Å²) in [7, 11) is 0. The van der Waals surface area contributed by atoms with Gasteiger partial charge in [-0.25, -0.2) is 4.39 Å². The molecular formula is C11H9FN2. The lowest BCUT2D eigenvalue weighted by molar-refractivity contribution is 0.618. The molecule has 14 heavy (non-hydrogen) atoms. The molecule has 0 heterocycles. The summed E-state index contributed by atoms with van der Waals surface area (Å²) in [6.45, 7) is 3.66. The van der Waals surface area contributed by atoms with Crippen LogP contribution >= 0.6 is 0 Å². The molecule has 0 aliphatic carbocycles. The van der Waals surface area contributed by atoms with E-state index >= 15 is 0 Å². The third-order valence-electron chi connectivity index (χ3n) is 2.00. The van der Waals surface area contributed by atoms with E-state index in [1.807, 2.05) is 19.9 Å². The average molecular weight is 188 g/mol. The maximum Gasteiger partial charge on any atom is 0.141 e. The highest BCUT2D eigenvalue weighted by Gasteiger charge is 2.15. The Morgan fingerprint density at radius 3 is 2.29 bits per heavy atom. The van der Waals surface area contributed by atoms with E-state index in [0.29, 0.717) is 11.1 Å². The van der Waals surface area contributed by atoms with E-state index in [-0.39, 0.29) is 11.5 Å². The van der Waals surface area contributed by atoms with Crippen molar-refractivity contribution in [3.05, 3.63) is 34.6 Å². The van der Waals surface area contributed by atoms with Crippen LogP contribution in [0.5, 0.6) is 0 Å². The number of hydrogen-bond acceptors (Lipinski definition) is 2. The zero-order valence-electron chi connectivity index (χ0n) is 8.00. The summed E-state index contributed by atoms with van der Waals surface area (Å²) in [4.78, 5) is 0. The Morgan fingerprint density at radius 2 is 1.86 bits per heavy atom. The Kier molecular flexibility index (Phi) is 2.84. The van der Waals surface area contributed by atoms with Crippen molar-refractivity contribution in [1.29, 1.82) is 10.5 Å². The number of benzene rings is 1. The van der Waals surface area contributed by atoms with Crippen LogP contribution in [0.25, 0.3) is 0 Å². The van der Waals surface area contributed by atoms with Crippen LogP contribution in [0.1, 0.15) is 36.5 Å². The quantitative estimate of drug-likeness (QED) is 0.680. The van der Waals surface area contributed by atoms with Crippen LogP contribution in [0, 0.1) is 28.5 Å². The summed E-state index contributed by atoms with van der Waals surface area (Å²) in [5.41, 5.74) is 0.854. The fourth-order valence-electron chi connectivity index (χ4n) is 1.40. The van der Waals surface area contributed by atoms with Crippen molar-refractivity contribution >= 4 is 0 Å². The zero-order chi connectivity index (χ0) is 10.7. The maximum atomic E-state index is 13.2. The molecule has 1 aromatic rings. The van der Waals surface area contributed by atoms with Crippen LogP contribution in [0.15, 0.2) is 12.1 Å². The van der Waals surface area contributed by atoms with Crippen molar-refractivity contribution in [1.82, 2.24) is 0 Å². The minimum atomic E-state index is -0.560. The molecule has 1 aromatic carbocycles. The molecule has 0 amide bonds. The number of nitriles is 2. The SMILES string of the molecule is CC(C)c1c(C#N)ccc(F)c1C#N. The fourth-order valence-corrected chi connectivity index (χ4v) is 1.40. The van der Waals surface area contributed by atoms with Crippen molar-refractivity contribution in [2.45, 2.75) is 19.8 Å². The number of rotatable bonds is 1. The van der Waals surface area contributed by atoms with Gasteiger partial charge in [-0.2, -0.15) is 10.5 Å². The van der Waals surface area contributed by atoms with E-state index in [2.05, 4.69) is 0 Å². The first kappa shape index (κ1) is 10.2. The average Bonchev–Trinajstić information content (AvgIpc) is 2.17. The highest BCUT2D eigenvalue weighted by molar-refractivity contribution is 5.50.